The monoisotopic (exact) mass is 382 g/mol. The fraction of sp³-hybridized carbons (Fsp3) is 0.500. The van der Waals surface area contributed by atoms with Crippen molar-refractivity contribution in [2.75, 3.05) is 19.6 Å². The number of benzene rings is 1. The summed E-state index contributed by atoms with van der Waals surface area (Å²) in [4.78, 5) is 11.5. The molecule has 0 bridgehead atoms. The van der Waals surface area contributed by atoms with Crippen LogP contribution in [0, 0.1) is 5.92 Å². The van der Waals surface area contributed by atoms with Crippen molar-refractivity contribution in [2.45, 2.75) is 24.1 Å². The number of sulfonamides is 1. The van der Waals surface area contributed by atoms with Crippen molar-refractivity contribution in [1.29, 1.82) is 0 Å². The molecule has 1 aliphatic heterocycles. The molecule has 1 aliphatic rings. The third kappa shape index (κ3) is 5.49. The highest BCUT2D eigenvalue weighted by atomic mass is 32.2. The summed E-state index contributed by atoms with van der Waals surface area (Å²) >= 11 is 0. The van der Waals surface area contributed by atoms with Crippen LogP contribution in [0.2, 0.25) is 0 Å². The third-order valence-electron chi connectivity index (χ3n) is 3.81. The number of hydrogen-bond acceptors (Lipinski definition) is 4. The minimum Gasteiger partial charge on any atom is -0.465 e. The van der Waals surface area contributed by atoms with Crippen LogP contribution in [-0.2, 0) is 10.0 Å². The van der Waals surface area contributed by atoms with Gasteiger partial charge >= 0.3 is 12.5 Å². The van der Waals surface area contributed by atoms with Gasteiger partial charge in [-0.3, -0.25) is 0 Å². The lowest BCUT2D eigenvalue weighted by Crippen LogP contribution is -2.41. The number of ether oxygens (including phenoxy) is 1. The lowest BCUT2D eigenvalue weighted by atomic mass is 9.97. The number of rotatable bonds is 5. The van der Waals surface area contributed by atoms with E-state index in [1.807, 2.05) is 0 Å². The largest absolute Gasteiger partial charge is 0.573 e. The van der Waals surface area contributed by atoms with E-state index in [0.717, 1.165) is 12.1 Å². The summed E-state index contributed by atoms with van der Waals surface area (Å²) in [5.41, 5.74) is 0. The molecule has 0 radical (unpaired) electrons. The molecule has 1 heterocycles. The average Bonchev–Trinajstić information content (AvgIpc) is 2.52. The van der Waals surface area contributed by atoms with Crippen LogP contribution in [0.5, 0.6) is 5.75 Å². The first-order chi connectivity index (χ1) is 11.6. The quantitative estimate of drug-likeness (QED) is 0.814. The molecule has 1 aromatic carbocycles. The molecule has 25 heavy (non-hydrogen) atoms. The molecule has 0 aliphatic carbocycles. The Kier molecular flexibility index (Phi) is 5.78. The summed E-state index contributed by atoms with van der Waals surface area (Å²) in [6.45, 7) is 0.584. The minimum atomic E-state index is -5.00. The normalized spacial score (nSPS) is 16.7. The first kappa shape index (κ1) is 19.3. The Hall–Kier alpha value is -2.01. The van der Waals surface area contributed by atoms with Crippen molar-refractivity contribution in [1.82, 2.24) is 9.62 Å². The number of carbonyl (C=O) groups is 1. The van der Waals surface area contributed by atoms with Gasteiger partial charge < -0.3 is 14.7 Å². The molecule has 2 rings (SSSR count). The molecule has 140 valence electrons. The zero-order valence-electron chi connectivity index (χ0n) is 13.0. The molecule has 0 spiro atoms. The summed E-state index contributed by atoms with van der Waals surface area (Å²) in [6.07, 6.45) is -5.10. The van der Waals surface area contributed by atoms with Crippen molar-refractivity contribution in [3.8, 4) is 5.75 Å². The number of nitrogens with zero attached hydrogens (tertiary/aromatic N) is 1. The van der Waals surface area contributed by atoms with Crippen LogP contribution in [-0.4, -0.2) is 50.5 Å². The number of likely N-dealkylation sites (tertiary alicyclic amines) is 1. The second-order valence-electron chi connectivity index (χ2n) is 5.56. The van der Waals surface area contributed by atoms with E-state index in [1.165, 1.54) is 17.0 Å². The van der Waals surface area contributed by atoms with E-state index < -0.39 is 33.1 Å². The van der Waals surface area contributed by atoms with Gasteiger partial charge in [0.1, 0.15) is 10.6 Å². The van der Waals surface area contributed by atoms with Crippen LogP contribution < -0.4 is 9.46 Å². The maximum Gasteiger partial charge on any atom is 0.573 e. The van der Waals surface area contributed by atoms with E-state index in [-0.39, 0.29) is 25.6 Å². The van der Waals surface area contributed by atoms with Gasteiger partial charge in [-0.25, -0.2) is 17.9 Å². The van der Waals surface area contributed by atoms with Crippen molar-refractivity contribution in [3.05, 3.63) is 24.3 Å². The van der Waals surface area contributed by atoms with Crippen molar-refractivity contribution >= 4 is 16.1 Å². The van der Waals surface area contributed by atoms with Crippen LogP contribution in [0.15, 0.2) is 29.2 Å². The predicted octanol–water partition coefficient (Wildman–Crippen LogP) is 2.25. The second-order valence-corrected chi connectivity index (χ2v) is 7.29. The number of amides is 1. The van der Waals surface area contributed by atoms with Crippen LogP contribution in [0.4, 0.5) is 18.0 Å². The van der Waals surface area contributed by atoms with Crippen LogP contribution >= 0.6 is 0 Å². The first-order valence-corrected chi connectivity index (χ1v) is 8.89. The zero-order chi connectivity index (χ0) is 18.7. The van der Waals surface area contributed by atoms with Crippen LogP contribution in [0.25, 0.3) is 0 Å². The van der Waals surface area contributed by atoms with Crippen molar-refractivity contribution < 1.29 is 36.2 Å². The average molecular weight is 382 g/mol. The van der Waals surface area contributed by atoms with Gasteiger partial charge in [-0.05, 0) is 30.9 Å². The molecule has 0 atom stereocenters. The minimum absolute atomic E-state index is 0.0101. The Bertz CT molecular complexity index is 715. The lowest BCUT2D eigenvalue weighted by Gasteiger charge is -2.30. The van der Waals surface area contributed by atoms with E-state index in [4.69, 9.17) is 5.11 Å². The highest BCUT2D eigenvalue weighted by molar-refractivity contribution is 7.89. The smallest absolute Gasteiger partial charge is 0.465 e. The summed E-state index contributed by atoms with van der Waals surface area (Å²) in [6, 6.07) is 4.48. The highest BCUT2D eigenvalue weighted by Gasteiger charge is 2.34. The Morgan fingerprint density at radius 3 is 2.44 bits per heavy atom. The van der Waals surface area contributed by atoms with Gasteiger partial charge in [0.25, 0.3) is 0 Å². The van der Waals surface area contributed by atoms with Crippen LogP contribution in [0.3, 0.4) is 0 Å². The number of hydrogen-bond donors (Lipinski definition) is 2. The van der Waals surface area contributed by atoms with Gasteiger partial charge in [-0.2, -0.15) is 0 Å². The molecule has 1 aromatic rings. The van der Waals surface area contributed by atoms with Crippen molar-refractivity contribution in [2.24, 2.45) is 5.92 Å². The number of carboxylic acid groups (broad SMARTS) is 1. The molecule has 1 saturated heterocycles. The third-order valence-corrected chi connectivity index (χ3v) is 5.27. The zero-order valence-corrected chi connectivity index (χ0v) is 13.8. The SMILES string of the molecule is O=C(O)N1CCC(CNS(=O)(=O)c2ccccc2OC(F)(F)F)CC1. The van der Waals surface area contributed by atoms with E-state index >= 15 is 0 Å². The molecular weight excluding hydrogens is 365 g/mol. The van der Waals surface area contributed by atoms with Gasteiger partial charge in [-0.15, -0.1) is 13.2 Å². The van der Waals surface area contributed by atoms with Gasteiger partial charge in [0, 0.05) is 19.6 Å². The summed E-state index contributed by atoms with van der Waals surface area (Å²) in [7, 11) is -4.20. The highest BCUT2D eigenvalue weighted by Crippen LogP contribution is 2.29. The lowest BCUT2D eigenvalue weighted by molar-refractivity contribution is -0.275. The van der Waals surface area contributed by atoms with Gasteiger partial charge in [0.2, 0.25) is 10.0 Å². The number of para-hydroxylation sites is 1. The fourth-order valence-corrected chi connectivity index (χ4v) is 3.76. The van der Waals surface area contributed by atoms with Gasteiger partial charge in [-0.1, -0.05) is 12.1 Å². The first-order valence-electron chi connectivity index (χ1n) is 7.41. The Morgan fingerprint density at radius 1 is 1.28 bits per heavy atom. The molecule has 0 unspecified atom stereocenters. The standard InChI is InChI=1S/C14H17F3N2O5S/c15-14(16,17)24-11-3-1-2-4-12(11)25(22,23)18-9-10-5-7-19(8-6-10)13(20)21/h1-4,10,18H,5-9H2,(H,20,21). The topological polar surface area (TPSA) is 95.9 Å². The molecule has 1 amide bonds. The van der Waals surface area contributed by atoms with Crippen molar-refractivity contribution in [3.63, 3.8) is 0 Å². The van der Waals surface area contributed by atoms with Gasteiger partial charge in [0.15, 0.2) is 0 Å². The van der Waals surface area contributed by atoms with E-state index in [9.17, 15) is 26.4 Å². The second kappa shape index (κ2) is 7.48. The molecule has 0 saturated carbocycles. The summed E-state index contributed by atoms with van der Waals surface area (Å²) < 4.78 is 67.8. The van der Waals surface area contributed by atoms with Gasteiger partial charge in [0.05, 0.1) is 0 Å². The number of nitrogens with one attached hydrogen (secondary N) is 1. The van der Waals surface area contributed by atoms with E-state index in [2.05, 4.69) is 9.46 Å². The fourth-order valence-electron chi connectivity index (χ4n) is 2.51. The van der Waals surface area contributed by atoms with E-state index in [0.29, 0.717) is 12.8 Å². The molecule has 1 fully saturated rings. The Balaban J connectivity index is 2.02. The number of piperidine rings is 1. The van der Waals surface area contributed by atoms with E-state index in [1.54, 1.807) is 0 Å². The Morgan fingerprint density at radius 2 is 1.88 bits per heavy atom. The molecular formula is C14H17F3N2O5S. The predicted molar refractivity (Wildman–Crippen MR) is 80.6 cm³/mol. The molecule has 11 heteroatoms. The summed E-state index contributed by atoms with van der Waals surface area (Å²) in [5.74, 6) is -0.899. The maximum atomic E-state index is 12.4. The Labute approximate surface area is 142 Å². The number of alkyl halides is 3. The molecule has 2 N–H and O–H groups in total. The summed E-state index contributed by atoms with van der Waals surface area (Å²) in [5, 5.41) is 8.86. The van der Waals surface area contributed by atoms with Crippen LogP contribution in [0.1, 0.15) is 12.8 Å². The maximum absolute atomic E-state index is 12.4. The molecule has 0 aromatic heterocycles. The number of halogens is 3. The molecule has 7 nitrogen and oxygen atoms in total.